The Morgan fingerprint density at radius 3 is 2.50 bits per heavy atom. The minimum absolute atomic E-state index is 0.0389. The Morgan fingerprint density at radius 2 is 1.90 bits per heavy atom. The molecule has 0 bridgehead atoms. The van der Waals surface area contributed by atoms with Crippen molar-refractivity contribution in [3.8, 4) is 0 Å². The van der Waals surface area contributed by atoms with Gasteiger partial charge >= 0.3 is 5.97 Å². The number of benzene rings is 1. The molecule has 5 heteroatoms. The van der Waals surface area contributed by atoms with E-state index in [-0.39, 0.29) is 12.3 Å². The van der Waals surface area contributed by atoms with Gasteiger partial charge in [0.2, 0.25) is 5.91 Å². The predicted molar refractivity (Wildman–Crippen MR) is 76.8 cm³/mol. The maximum Gasteiger partial charge on any atom is 0.303 e. The number of hydrogen-bond acceptors (Lipinski definition) is 3. The molecule has 20 heavy (non-hydrogen) atoms. The Morgan fingerprint density at radius 1 is 1.20 bits per heavy atom. The van der Waals surface area contributed by atoms with Gasteiger partial charge in [-0.05, 0) is 37.5 Å². The zero-order valence-corrected chi connectivity index (χ0v) is 11.7. The number of carboxylic acids is 1. The van der Waals surface area contributed by atoms with Crippen LogP contribution >= 0.6 is 0 Å². The lowest BCUT2D eigenvalue weighted by Gasteiger charge is -2.06. The van der Waals surface area contributed by atoms with Crippen LogP contribution in [-0.4, -0.2) is 30.2 Å². The van der Waals surface area contributed by atoms with Crippen LogP contribution in [0.5, 0.6) is 0 Å². The van der Waals surface area contributed by atoms with E-state index in [1.807, 2.05) is 19.1 Å². The molecule has 0 spiro atoms. The Kier molecular flexibility index (Phi) is 7.35. The van der Waals surface area contributed by atoms with Crippen LogP contribution in [0.15, 0.2) is 24.3 Å². The number of ether oxygens (including phenoxy) is 1. The monoisotopic (exact) mass is 279 g/mol. The van der Waals surface area contributed by atoms with Crippen LogP contribution in [0.3, 0.4) is 0 Å². The molecule has 0 heterocycles. The smallest absolute Gasteiger partial charge is 0.303 e. The van der Waals surface area contributed by atoms with Gasteiger partial charge in [-0.25, -0.2) is 0 Å². The summed E-state index contributed by atoms with van der Waals surface area (Å²) >= 11 is 0. The number of rotatable bonds is 9. The summed E-state index contributed by atoms with van der Waals surface area (Å²) in [6.07, 6.45) is 1.75. The normalized spacial score (nSPS) is 10.2. The molecule has 0 fully saturated rings. The number of nitrogens with one attached hydrogen (secondary N) is 1. The molecule has 0 aromatic heterocycles. The van der Waals surface area contributed by atoms with Gasteiger partial charge < -0.3 is 15.2 Å². The highest BCUT2D eigenvalue weighted by atomic mass is 16.5. The van der Waals surface area contributed by atoms with Gasteiger partial charge in [-0.1, -0.05) is 12.1 Å². The molecule has 0 saturated carbocycles. The Bertz CT molecular complexity index is 428. The fraction of sp³-hybridized carbons (Fsp3) is 0.467. The van der Waals surface area contributed by atoms with Crippen molar-refractivity contribution in [1.29, 1.82) is 0 Å². The van der Waals surface area contributed by atoms with Gasteiger partial charge in [-0.3, -0.25) is 9.59 Å². The molecule has 0 saturated heterocycles. The molecule has 0 radical (unpaired) electrons. The summed E-state index contributed by atoms with van der Waals surface area (Å²) < 4.78 is 5.17. The van der Waals surface area contributed by atoms with Gasteiger partial charge in [-0.2, -0.15) is 0 Å². The lowest BCUT2D eigenvalue weighted by atomic mass is 10.1. The molecule has 0 aliphatic heterocycles. The highest BCUT2D eigenvalue weighted by Crippen LogP contribution is 2.11. The lowest BCUT2D eigenvalue weighted by molar-refractivity contribution is -0.137. The van der Waals surface area contributed by atoms with Crippen LogP contribution in [0, 0.1) is 0 Å². The van der Waals surface area contributed by atoms with E-state index in [2.05, 4.69) is 5.32 Å². The van der Waals surface area contributed by atoms with E-state index in [4.69, 9.17) is 9.84 Å². The molecule has 0 aliphatic rings. The Hall–Kier alpha value is -1.88. The van der Waals surface area contributed by atoms with Gasteiger partial charge in [0.1, 0.15) is 0 Å². The second-order valence-electron chi connectivity index (χ2n) is 4.44. The van der Waals surface area contributed by atoms with E-state index in [0.717, 1.165) is 11.3 Å². The SMILES string of the molecule is CCOCCCC(=O)Nc1ccc(CCC(=O)O)cc1. The van der Waals surface area contributed by atoms with Gasteiger partial charge in [-0.15, -0.1) is 0 Å². The van der Waals surface area contributed by atoms with Crippen LogP contribution in [0.1, 0.15) is 31.7 Å². The number of carbonyl (C=O) groups excluding carboxylic acids is 1. The van der Waals surface area contributed by atoms with Crippen LogP contribution in [0.25, 0.3) is 0 Å². The Balaban J connectivity index is 2.33. The number of hydrogen-bond donors (Lipinski definition) is 2. The van der Waals surface area contributed by atoms with Crippen molar-refractivity contribution in [2.45, 2.75) is 32.6 Å². The third-order valence-corrected chi connectivity index (χ3v) is 2.76. The first-order valence-electron chi connectivity index (χ1n) is 6.80. The number of aryl methyl sites for hydroxylation is 1. The number of aliphatic carboxylic acids is 1. The summed E-state index contributed by atoms with van der Waals surface area (Å²) in [7, 11) is 0. The molecule has 0 unspecified atom stereocenters. The molecule has 1 aromatic carbocycles. The number of carbonyl (C=O) groups is 2. The molecule has 1 aromatic rings. The Labute approximate surface area is 118 Å². The zero-order valence-electron chi connectivity index (χ0n) is 11.7. The first-order valence-corrected chi connectivity index (χ1v) is 6.80. The summed E-state index contributed by atoms with van der Waals surface area (Å²) in [4.78, 5) is 22.1. The van der Waals surface area contributed by atoms with Crippen LogP contribution < -0.4 is 5.32 Å². The van der Waals surface area contributed by atoms with Gasteiger partial charge in [0, 0.05) is 31.7 Å². The van der Waals surface area contributed by atoms with E-state index in [1.165, 1.54) is 0 Å². The highest BCUT2D eigenvalue weighted by Gasteiger charge is 2.03. The first-order chi connectivity index (χ1) is 9.61. The van der Waals surface area contributed by atoms with E-state index >= 15 is 0 Å². The third-order valence-electron chi connectivity index (χ3n) is 2.76. The van der Waals surface area contributed by atoms with Crippen molar-refractivity contribution in [3.05, 3.63) is 29.8 Å². The average molecular weight is 279 g/mol. The summed E-state index contributed by atoms with van der Waals surface area (Å²) in [6.45, 7) is 3.18. The minimum Gasteiger partial charge on any atom is -0.481 e. The average Bonchev–Trinajstić information content (AvgIpc) is 2.43. The van der Waals surface area contributed by atoms with E-state index in [9.17, 15) is 9.59 Å². The number of anilines is 1. The third kappa shape index (κ3) is 6.89. The molecule has 110 valence electrons. The second-order valence-corrected chi connectivity index (χ2v) is 4.44. The number of carboxylic acid groups (broad SMARTS) is 1. The van der Waals surface area contributed by atoms with E-state index in [1.54, 1.807) is 12.1 Å². The van der Waals surface area contributed by atoms with Crippen molar-refractivity contribution in [3.63, 3.8) is 0 Å². The topological polar surface area (TPSA) is 75.6 Å². The van der Waals surface area contributed by atoms with E-state index < -0.39 is 5.97 Å². The van der Waals surface area contributed by atoms with Crippen molar-refractivity contribution >= 4 is 17.6 Å². The molecule has 0 aliphatic carbocycles. The summed E-state index contributed by atoms with van der Waals surface area (Å²) in [5.41, 5.74) is 1.67. The molecule has 1 amide bonds. The van der Waals surface area contributed by atoms with Gasteiger partial charge in [0.05, 0.1) is 0 Å². The van der Waals surface area contributed by atoms with Crippen LogP contribution in [0.4, 0.5) is 5.69 Å². The van der Waals surface area contributed by atoms with Crippen molar-refractivity contribution < 1.29 is 19.4 Å². The molecule has 2 N–H and O–H groups in total. The predicted octanol–water partition coefficient (Wildman–Crippen LogP) is 2.46. The maximum absolute atomic E-state index is 11.6. The van der Waals surface area contributed by atoms with Crippen LogP contribution in [0.2, 0.25) is 0 Å². The zero-order chi connectivity index (χ0) is 14.8. The van der Waals surface area contributed by atoms with Gasteiger partial charge in [0.25, 0.3) is 0 Å². The fourth-order valence-electron chi connectivity index (χ4n) is 1.71. The fourth-order valence-corrected chi connectivity index (χ4v) is 1.71. The molecule has 5 nitrogen and oxygen atoms in total. The summed E-state index contributed by atoms with van der Waals surface area (Å²) in [6, 6.07) is 7.24. The highest BCUT2D eigenvalue weighted by molar-refractivity contribution is 5.90. The van der Waals surface area contributed by atoms with Crippen molar-refractivity contribution in [1.82, 2.24) is 0 Å². The van der Waals surface area contributed by atoms with E-state index in [0.29, 0.717) is 32.5 Å². The quantitative estimate of drug-likeness (QED) is 0.681. The minimum atomic E-state index is -0.809. The van der Waals surface area contributed by atoms with Gasteiger partial charge in [0.15, 0.2) is 0 Å². The van der Waals surface area contributed by atoms with Crippen LogP contribution in [-0.2, 0) is 20.7 Å². The largest absolute Gasteiger partial charge is 0.481 e. The molecule has 1 rings (SSSR count). The van der Waals surface area contributed by atoms with Crippen molar-refractivity contribution in [2.24, 2.45) is 0 Å². The molecule has 0 atom stereocenters. The second kappa shape index (κ2) is 9.09. The lowest BCUT2D eigenvalue weighted by Crippen LogP contribution is -2.12. The number of amides is 1. The summed E-state index contributed by atoms with van der Waals surface area (Å²) in [5.74, 6) is -0.848. The molecular weight excluding hydrogens is 258 g/mol. The first kappa shape index (κ1) is 16.2. The molecular formula is C15H21NO4. The standard InChI is InChI=1S/C15H21NO4/c1-2-20-11-3-4-14(17)16-13-8-5-12(6-9-13)7-10-15(18)19/h5-6,8-9H,2-4,7,10-11H2,1H3,(H,16,17)(H,18,19). The van der Waals surface area contributed by atoms with Crippen molar-refractivity contribution in [2.75, 3.05) is 18.5 Å². The summed E-state index contributed by atoms with van der Waals surface area (Å²) in [5, 5.41) is 11.4. The maximum atomic E-state index is 11.6.